The molecule has 0 aliphatic heterocycles. The van der Waals surface area contributed by atoms with Gasteiger partial charge in [-0.25, -0.2) is 13.2 Å². The van der Waals surface area contributed by atoms with E-state index in [4.69, 9.17) is 0 Å². The Kier molecular flexibility index (Phi) is 5.40. The fourth-order valence-electron chi connectivity index (χ4n) is 2.59. The monoisotopic (exact) mass is 372 g/mol. The lowest BCUT2D eigenvalue weighted by molar-refractivity contribution is -0.123. The SMILES string of the molecule is O=C(Cc1ccc2ccccc2c1)NCC(=O)Nc1ccc(F)c(F)c1F. The number of fused-ring (bicyclic) bond motifs is 1. The molecule has 0 radical (unpaired) electrons. The molecule has 0 aliphatic rings. The Balaban J connectivity index is 1.55. The molecule has 0 fully saturated rings. The Morgan fingerprint density at radius 3 is 2.33 bits per heavy atom. The summed E-state index contributed by atoms with van der Waals surface area (Å²) in [6.07, 6.45) is 0.0671. The molecule has 7 heteroatoms. The number of halogens is 3. The summed E-state index contributed by atoms with van der Waals surface area (Å²) >= 11 is 0. The van der Waals surface area contributed by atoms with Gasteiger partial charge in [-0.2, -0.15) is 0 Å². The van der Waals surface area contributed by atoms with Crippen molar-refractivity contribution in [3.8, 4) is 0 Å². The van der Waals surface area contributed by atoms with Crippen LogP contribution in [-0.2, 0) is 16.0 Å². The zero-order valence-electron chi connectivity index (χ0n) is 14.1. The molecule has 0 aromatic heterocycles. The largest absolute Gasteiger partial charge is 0.347 e. The number of rotatable bonds is 5. The van der Waals surface area contributed by atoms with E-state index in [1.54, 1.807) is 0 Å². The molecule has 0 aliphatic carbocycles. The van der Waals surface area contributed by atoms with E-state index in [1.807, 2.05) is 42.5 Å². The normalized spacial score (nSPS) is 10.6. The minimum atomic E-state index is -1.67. The van der Waals surface area contributed by atoms with Gasteiger partial charge in [0.05, 0.1) is 18.7 Å². The van der Waals surface area contributed by atoms with E-state index in [0.29, 0.717) is 6.07 Å². The third kappa shape index (κ3) is 4.44. The topological polar surface area (TPSA) is 58.2 Å². The average Bonchev–Trinajstić information content (AvgIpc) is 2.67. The zero-order chi connectivity index (χ0) is 19.4. The number of anilines is 1. The Morgan fingerprint density at radius 2 is 1.56 bits per heavy atom. The highest BCUT2D eigenvalue weighted by Gasteiger charge is 2.15. The first-order valence-corrected chi connectivity index (χ1v) is 8.12. The number of amides is 2. The van der Waals surface area contributed by atoms with Gasteiger partial charge in [-0.15, -0.1) is 0 Å². The van der Waals surface area contributed by atoms with E-state index < -0.39 is 41.5 Å². The highest BCUT2D eigenvalue weighted by molar-refractivity contribution is 5.95. The molecule has 0 bridgehead atoms. The first-order valence-electron chi connectivity index (χ1n) is 8.12. The van der Waals surface area contributed by atoms with Gasteiger partial charge in [0.2, 0.25) is 11.8 Å². The van der Waals surface area contributed by atoms with Crippen LogP contribution in [0.1, 0.15) is 5.56 Å². The van der Waals surface area contributed by atoms with Crippen molar-refractivity contribution in [1.82, 2.24) is 5.32 Å². The molecule has 4 nitrogen and oxygen atoms in total. The maximum Gasteiger partial charge on any atom is 0.243 e. The second kappa shape index (κ2) is 7.90. The van der Waals surface area contributed by atoms with Crippen molar-refractivity contribution in [3.63, 3.8) is 0 Å². The number of hydrogen-bond donors (Lipinski definition) is 2. The van der Waals surface area contributed by atoms with Crippen LogP contribution in [0, 0.1) is 17.5 Å². The minimum Gasteiger partial charge on any atom is -0.347 e. The van der Waals surface area contributed by atoms with Crippen LogP contribution in [0.3, 0.4) is 0 Å². The van der Waals surface area contributed by atoms with Gasteiger partial charge in [0.25, 0.3) is 0 Å². The van der Waals surface area contributed by atoms with Crippen LogP contribution < -0.4 is 10.6 Å². The number of nitrogens with one attached hydrogen (secondary N) is 2. The summed E-state index contributed by atoms with van der Waals surface area (Å²) in [6, 6.07) is 14.9. The summed E-state index contributed by atoms with van der Waals surface area (Å²) in [5, 5.41) is 6.54. The second-order valence-electron chi connectivity index (χ2n) is 5.91. The van der Waals surface area contributed by atoms with Crippen molar-refractivity contribution in [1.29, 1.82) is 0 Å². The standard InChI is InChI=1S/C20H15F3N2O2/c21-15-7-8-16(20(23)19(15)22)25-18(27)11-24-17(26)10-12-5-6-13-3-1-2-4-14(13)9-12/h1-9H,10-11H2,(H,24,26)(H,25,27). The molecule has 3 aromatic carbocycles. The van der Waals surface area contributed by atoms with Crippen LogP contribution in [0.25, 0.3) is 10.8 Å². The molecule has 2 N–H and O–H groups in total. The smallest absolute Gasteiger partial charge is 0.243 e. The zero-order valence-corrected chi connectivity index (χ0v) is 14.1. The van der Waals surface area contributed by atoms with E-state index in [9.17, 15) is 22.8 Å². The summed E-state index contributed by atoms with van der Waals surface area (Å²) in [6.45, 7) is -0.426. The lowest BCUT2D eigenvalue weighted by Crippen LogP contribution is -2.34. The highest BCUT2D eigenvalue weighted by Crippen LogP contribution is 2.19. The predicted octanol–water partition coefficient (Wildman–Crippen LogP) is 3.55. The van der Waals surface area contributed by atoms with Gasteiger partial charge in [0.15, 0.2) is 17.5 Å². The molecule has 0 heterocycles. The molecular formula is C20H15F3N2O2. The average molecular weight is 372 g/mol. The van der Waals surface area contributed by atoms with E-state index in [2.05, 4.69) is 10.6 Å². The van der Waals surface area contributed by atoms with E-state index >= 15 is 0 Å². The molecule has 0 spiro atoms. The summed E-state index contributed by atoms with van der Waals surface area (Å²) in [7, 11) is 0. The van der Waals surface area contributed by atoms with Crippen molar-refractivity contribution in [2.45, 2.75) is 6.42 Å². The Morgan fingerprint density at radius 1 is 0.815 bits per heavy atom. The van der Waals surface area contributed by atoms with Crippen LogP contribution in [0.4, 0.5) is 18.9 Å². The van der Waals surface area contributed by atoms with Gasteiger partial charge in [-0.3, -0.25) is 9.59 Å². The first-order chi connectivity index (χ1) is 12.9. The van der Waals surface area contributed by atoms with E-state index in [-0.39, 0.29) is 6.42 Å². The highest BCUT2D eigenvalue weighted by atomic mass is 19.2. The quantitative estimate of drug-likeness (QED) is 0.673. The molecule has 138 valence electrons. The van der Waals surface area contributed by atoms with Crippen LogP contribution in [0.2, 0.25) is 0 Å². The van der Waals surface area contributed by atoms with E-state index in [0.717, 1.165) is 22.4 Å². The lowest BCUT2D eigenvalue weighted by Gasteiger charge is -2.09. The molecular weight excluding hydrogens is 357 g/mol. The fourth-order valence-corrected chi connectivity index (χ4v) is 2.59. The van der Waals surface area contributed by atoms with Crippen molar-refractivity contribution >= 4 is 28.3 Å². The third-order valence-electron chi connectivity index (χ3n) is 3.93. The number of hydrogen-bond acceptors (Lipinski definition) is 2. The number of carbonyl (C=O) groups excluding carboxylic acids is 2. The summed E-state index contributed by atoms with van der Waals surface area (Å²) in [5.41, 5.74) is 0.279. The molecule has 27 heavy (non-hydrogen) atoms. The van der Waals surface area contributed by atoms with Crippen molar-refractivity contribution in [2.75, 3.05) is 11.9 Å². The fraction of sp³-hybridized carbons (Fsp3) is 0.100. The summed E-state index contributed by atoms with van der Waals surface area (Å²) < 4.78 is 39.5. The molecule has 0 saturated heterocycles. The van der Waals surface area contributed by atoms with Gasteiger partial charge in [-0.1, -0.05) is 42.5 Å². The van der Waals surface area contributed by atoms with Crippen LogP contribution in [-0.4, -0.2) is 18.4 Å². The van der Waals surface area contributed by atoms with Gasteiger partial charge in [0.1, 0.15) is 0 Å². The summed E-state index contributed by atoms with van der Waals surface area (Å²) in [5.74, 6) is -5.67. The molecule has 3 rings (SSSR count). The Labute approximate surface area is 153 Å². The van der Waals surface area contributed by atoms with Crippen LogP contribution in [0.5, 0.6) is 0 Å². The molecule has 0 saturated carbocycles. The molecule has 3 aromatic rings. The van der Waals surface area contributed by atoms with Gasteiger partial charge >= 0.3 is 0 Å². The summed E-state index contributed by atoms with van der Waals surface area (Å²) in [4.78, 5) is 23.8. The van der Waals surface area contributed by atoms with Crippen molar-refractivity contribution in [3.05, 3.63) is 77.6 Å². The van der Waals surface area contributed by atoms with Crippen molar-refractivity contribution < 1.29 is 22.8 Å². The van der Waals surface area contributed by atoms with Gasteiger partial charge in [-0.05, 0) is 28.5 Å². The number of benzene rings is 3. The van der Waals surface area contributed by atoms with Crippen LogP contribution in [0.15, 0.2) is 54.6 Å². The van der Waals surface area contributed by atoms with E-state index in [1.165, 1.54) is 0 Å². The molecule has 0 unspecified atom stereocenters. The lowest BCUT2D eigenvalue weighted by atomic mass is 10.1. The molecule has 0 atom stereocenters. The maximum absolute atomic E-state index is 13.5. The predicted molar refractivity (Wildman–Crippen MR) is 95.6 cm³/mol. The van der Waals surface area contributed by atoms with Crippen molar-refractivity contribution in [2.24, 2.45) is 0 Å². The van der Waals surface area contributed by atoms with Gasteiger partial charge < -0.3 is 10.6 Å². The number of carbonyl (C=O) groups is 2. The minimum absolute atomic E-state index is 0.0671. The maximum atomic E-state index is 13.5. The third-order valence-corrected chi connectivity index (χ3v) is 3.93. The van der Waals surface area contributed by atoms with Crippen LogP contribution >= 0.6 is 0 Å². The Bertz CT molecular complexity index is 1020. The Hall–Kier alpha value is -3.35. The first kappa shape index (κ1) is 18.4. The van der Waals surface area contributed by atoms with Gasteiger partial charge in [0, 0.05) is 0 Å². The second-order valence-corrected chi connectivity index (χ2v) is 5.91. The molecule has 2 amide bonds.